The Morgan fingerprint density at radius 1 is 1.26 bits per heavy atom. The highest BCUT2D eigenvalue weighted by Crippen LogP contribution is 2.71. The van der Waals surface area contributed by atoms with Crippen molar-refractivity contribution in [2.24, 2.45) is 10.4 Å². The first-order valence-electron chi connectivity index (χ1n) is 14.4. The highest BCUT2D eigenvalue weighted by Gasteiger charge is 2.71. The summed E-state index contributed by atoms with van der Waals surface area (Å²) in [6.45, 7) is 0.267. The zero-order chi connectivity index (χ0) is 30.0. The molecular weight excluding hydrogens is 619 g/mol. The van der Waals surface area contributed by atoms with Crippen LogP contribution < -0.4 is 10.0 Å². The molecule has 14 heteroatoms. The number of halogens is 2. The number of ether oxygens (including phenoxy) is 3. The number of aliphatic imine (C=N–C) groups is 1. The number of rotatable bonds is 8. The largest absolute Gasteiger partial charge is 0.466 e. The number of thiazole rings is 1. The summed E-state index contributed by atoms with van der Waals surface area (Å²) in [5.74, 6) is -1.44. The van der Waals surface area contributed by atoms with Crippen LogP contribution in [0.15, 0.2) is 46.0 Å². The van der Waals surface area contributed by atoms with Crippen molar-refractivity contribution in [2.45, 2.75) is 74.8 Å². The fraction of sp³-hybridized carbons (Fsp3) is 0.552. The minimum Gasteiger partial charge on any atom is -0.466 e. The van der Waals surface area contributed by atoms with Crippen LogP contribution in [0.5, 0.6) is 0 Å². The Labute approximate surface area is 258 Å². The van der Waals surface area contributed by atoms with Gasteiger partial charge in [-0.15, -0.1) is 11.3 Å². The van der Waals surface area contributed by atoms with E-state index in [0.717, 1.165) is 32.1 Å². The molecule has 0 amide bonds. The Hall–Kier alpha value is -2.42. The van der Waals surface area contributed by atoms with Crippen molar-refractivity contribution in [1.29, 1.82) is 0 Å². The number of amidine groups is 1. The Morgan fingerprint density at radius 3 is 2.70 bits per heavy atom. The van der Waals surface area contributed by atoms with Crippen molar-refractivity contribution >= 4 is 44.8 Å². The van der Waals surface area contributed by atoms with Gasteiger partial charge in [0.25, 0.3) is 0 Å². The number of allylic oxidation sites excluding steroid dienone is 1. The van der Waals surface area contributed by atoms with Crippen LogP contribution in [0.4, 0.5) is 4.39 Å². The quantitative estimate of drug-likeness (QED) is 0.403. The summed E-state index contributed by atoms with van der Waals surface area (Å²) in [6, 6.07) is 3.10. The van der Waals surface area contributed by atoms with Crippen molar-refractivity contribution in [2.75, 3.05) is 19.5 Å². The normalized spacial score (nSPS) is 31.2. The molecule has 230 valence electrons. The smallest absolute Gasteiger partial charge is 0.338 e. The maximum atomic E-state index is 14.0. The van der Waals surface area contributed by atoms with Crippen LogP contribution in [0.2, 0.25) is 5.02 Å². The molecule has 1 spiro atoms. The zero-order valence-corrected chi connectivity index (χ0v) is 25.9. The second-order valence-corrected chi connectivity index (χ2v) is 15.4. The average Bonchev–Trinajstić information content (AvgIpc) is 3.60. The van der Waals surface area contributed by atoms with Gasteiger partial charge >= 0.3 is 5.97 Å². The molecule has 1 aromatic carbocycles. The van der Waals surface area contributed by atoms with E-state index in [9.17, 15) is 17.6 Å². The molecule has 1 aromatic heterocycles. The standard InChI is InChI=1S/C29H32ClFN4O6S2/c1-39-26(36)21-22(19-6-5-17(31)11-20(19)30)33-24(25-32-9-10-42-25)34-23(21)27-14-28(15-27,16-27)35-43(37,38)13-18-12-40-29(41-18)7-3-2-4-8-29/h5-6,9-11,18,22,35H,2-4,7-8,12-16H2,1H3,(H,33,34). The molecule has 2 aromatic rings. The van der Waals surface area contributed by atoms with Gasteiger partial charge in [0.15, 0.2) is 16.6 Å². The van der Waals surface area contributed by atoms with Crippen LogP contribution in [-0.4, -0.2) is 62.1 Å². The number of methoxy groups -OCH3 is 1. The third-order valence-corrected chi connectivity index (χ3v) is 11.9. The molecule has 2 N–H and O–H groups in total. The summed E-state index contributed by atoms with van der Waals surface area (Å²) >= 11 is 7.85. The lowest BCUT2D eigenvalue weighted by Crippen LogP contribution is -2.76. The maximum absolute atomic E-state index is 14.0. The van der Waals surface area contributed by atoms with Crippen molar-refractivity contribution in [3.63, 3.8) is 0 Å². The minimum absolute atomic E-state index is 0.129. The molecule has 2 atom stereocenters. The van der Waals surface area contributed by atoms with E-state index in [-0.39, 0.29) is 23.0 Å². The SMILES string of the molecule is COC(=O)C1=C(C23CC(NS(=O)(=O)CC4COC5(CCCCC5)O4)(C2)C3)NC(c2nccs2)=NC1c1ccc(F)cc1Cl. The summed E-state index contributed by atoms with van der Waals surface area (Å²) in [6.07, 6.45) is 7.38. The summed E-state index contributed by atoms with van der Waals surface area (Å²) in [4.78, 5) is 22.5. The molecule has 43 heavy (non-hydrogen) atoms. The Kier molecular flexibility index (Phi) is 7.22. The Morgan fingerprint density at radius 2 is 2.02 bits per heavy atom. The second-order valence-electron chi connectivity index (χ2n) is 12.3. The molecule has 2 aliphatic heterocycles. The third kappa shape index (κ3) is 5.21. The molecule has 2 unspecified atom stereocenters. The van der Waals surface area contributed by atoms with Crippen LogP contribution in [0.3, 0.4) is 0 Å². The summed E-state index contributed by atoms with van der Waals surface area (Å²) in [5.41, 5.74) is 0.205. The average molecular weight is 651 g/mol. The maximum Gasteiger partial charge on any atom is 0.338 e. The van der Waals surface area contributed by atoms with Crippen LogP contribution in [0, 0.1) is 11.2 Å². The molecule has 8 rings (SSSR count). The number of sulfonamides is 1. The lowest BCUT2D eigenvalue weighted by Gasteiger charge is -2.71. The van der Waals surface area contributed by atoms with Gasteiger partial charge < -0.3 is 19.5 Å². The van der Waals surface area contributed by atoms with Gasteiger partial charge in [0, 0.05) is 51.7 Å². The van der Waals surface area contributed by atoms with Gasteiger partial charge in [0.1, 0.15) is 11.9 Å². The van der Waals surface area contributed by atoms with E-state index in [0.29, 0.717) is 41.4 Å². The number of benzene rings is 1. The van der Waals surface area contributed by atoms with E-state index in [1.54, 1.807) is 6.20 Å². The molecule has 5 fully saturated rings. The molecule has 6 aliphatic rings. The highest BCUT2D eigenvalue weighted by molar-refractivity contribution is 7.89. The van der Waals surface area contributed by atoms with E-state index in [1.807, 2.05) is 5.38 Å². The molecule has 0 radical (unpaired) electrons. The van der Waals surface area contributed by atoms with Gasteiger partial charge in [-0.2, -0.15) is 0 Å². The summed E-state index contributed by atoms with van der Waals surface area (Å²) in [7, 11) is -2.38. The Bertz CT molecular complexity index is 1600. The lowest BCUT2D eigenvalue weighted by atomic mass is 9.38. The van der Waals surface area contributed by atoms with Crippen molar-refractivity contribution in [3.8, 4) is 0 Å². The van der Waals surface area contributed by atoms with Gasteiger partial charge in [-0.25, -0.2) is 27.3 Å². The van der Waals surface area contributed by atoms with Gasteiger partial charge in [-0.05, 0) is 44.2 Å². The fourth-order valence-electron chi connectivity index (χ4n) is 7.52. The second kappa shape index (κ2) is 10.6. The van der Waals surface area contributed by atoms with Gasteiger partial charge in [0.05, 0.1) is 31.1 Å². The van der Waals surface area contributed by atoms with E-state index >= 15 is 0 Å². The van der Waals surface area contributed by atoms with Gasteiger partial charge in [-0.3, -0.25) is 4.99 Å². The molecule has 10 nitrogen and oxygen atoms in total. The van der Waals surface area contributed by atoms with Crippen molar-refractivity contribution in [3.05, 3.63) is 62.5 Å². The zero-order valence-electron chi connectivity index (χ0n) is 23.5. The lowest BCUT2D eigenvalue weighted by molar-refractivity contribution is -0.185. The molecule has 1 saturated heterocycles. The highest BCUT2D eigenvalue weighted by atomic mass is 35.5. The predicted octanol–water partition coefficient (Wildman–Crippen LogP) is 4.37. The van der Waals surface area contributed by atoms with E-state index < -0.39 is 50.7 Å². The minimum atomic E-state index is -3.67. The topological polar surface area (TPSA) is 128 Å². The predicted molar refractivity (Wildman–Crippen MR) is 158 cm³/mol. The van der Waals surface area contributed by atoms with Crippen LogP contribution in [0.1, 0.15) is 68.0 Å². The number of aromatic nitrogens is 1. The summed E-state index contributed by atoms with van der Waals surface area (Å²) < 4.78 is 60.7. The number of carbonyl (C=O) groups is 1. The number of carbonyl (C=O) groups excluding carboxylic acids is 1. The molecule has 3 heterocycles. The first kappa shape index (κ1) is 29.3. The van der Waals surface area contributed by atoms with E-state index in [2.05, 4.69) is 15.0 Å². The number of nitrogens with one attached hydrogen (secondary N) is 2. The van der Waals surface area contributed by atoms with Crippen LogP contribution in [0.25, 0.3) is 0 Å². The van der Waals surface area contributed by atoms with Crippen molar-refractivity contribution in [1.82, 2.24) is 15.0 Å². The first-order chi connectivity index (χ1) is 20.5. The number of hydrogen-bond donors (Lipinski definition) is 2. The monoisotopic (exact) mass is 650 g/mol. The van der Waals surface area contributed by atoms with Crippen molar-refractivity contribution < 1.29 is 31.8 Å². The van der Waals surface area contributed by atoms with E-state index in [1.165, 1.54) is 36.6 Å². The van der Waals surface area contributed by atoms with E-state index in [4.69, 9.17) is 30.8 Å². The van der Waals surface area contributed by atoms with Gasteiger partial charge in [-0.1, -0.05) is 24.1 Å². The first-order valence-corrected chi connectivity index (χ1v) is 17.3. The Balaban J connectivity index is 1.13. The fourth-order valence-corrected chi connectivity index (χ4v) is 9.99. The number of hydrogen-bond acceptors (Lipinski definition) is 10. The van der Waals surface area contributed by atoms with Gasteiger partial charge in [0.2, 0.25) is 10.0 Å². The molecule has 4 saturated carbocycles. The number of nitrogens with zero attached hydrogens (tertiary/aromatic N) is 2. The molecule has 2 bridgehead atoms. The van der Waals surface area contributed by atoms with Crippen LogP contribution >= 0.6 is 22.9 Å². The molecular formula is C29H32ClFN4O6S2. The third-order valence-electron chi connectivity index (χ3n) is 9.21. The van der Waals surface area contributed by atoms with Crippen LogP contribution in [-0.2, 0) is 29.0 Å². The number of esters is 1. The summed E-state index contributed by atoms with van der Waals surface area (Å²) in [5, 5.41) is 5.91. The molecule has 4 aliphatic carbocycles.